The first-order chi connectivity index (χ1) is 12.5. The minimum Gasteiger partial charge on any atom is -0.457 e. The van der Waals surface area contributed by atoms with E-state index in [1.807, 2.05) is 6.07 Å². The van der Waals surface area contributed by atoms with Crippen LogP contribution in [0, 0.1) is 0 Å². The third-order valence-corrected chi connectivity index (χ3v) is 5.07. The lowest BCUT2D eigenvalue weighted by Crippen LogP contribution is -2.18. The summed E-state index contributed by atoms with van der Waals surface area (Å²) in [7, 11) is -3.45. The Balaban J connectivity index is 1.58. The van der Waals surface area contributed by atoms with Crippen LogP contribution in [0.1, 0.15) is 5.69 Å². The van der Waals surface area contributed by atoms with Gasteiger partial charge in [0, 0.05) is 29.0 Å². The number of hydrogen-bond acceptors (Lipinski definition) is 4. The van der Waals surface area contributed by atoms with E-state index in [0.717, 1.165) is 5.69 Å². The average Bonchev–Trinajstić information content (AvgIpc) is 2.64. The molecule has 0 spiro atoms. The molecule has 0 aliphatic rings. The minimum atomic E-state index is -3.45. The molecule has 2 aromatic carbocycles. The molecule has 0 atom stereocenters. The quantitative estimate of drug-likeness (QED) is 0.646. The van der Waals surface area contributed by atoms with Crippen LogP contribution in [0.2, 0.25) is 5.02 Å². The first kappa shape index (κ1) is 18.2. The van der Waals surface area contributed by atoms with Crippen LogP contribution in [0.3, 0.4) is 0 Å². The van der Waals surface area contributed by atoms with Gasteiger partial charge in [-0.2, -0.15) is 0 Å². The molecule has 26 heavy (non-hydrogen) atoms. The summed E-state index contributed by atoms with van der Waals surface area (Å²) >= 11 is 5.84. The molecule has 134 valence electrons. The highest BCUT2D eigenvalue weighted by atomic mass is 35.5. The molecule has 0 fully saturated rings. The minimum absolute atomic E-state index is 0.0347. The highest BCUT2D eigenvalue weighted by Gasteiger charge is 2.11. The molecule has 0 saturated heterocycles. The topological polar surface area (TPSA) is 68.3 Å². The number of aryl methyl sites for hydroxylation is 1. The molecule has 0 aliphatic heterocycles. The lowest BCUT2D eigenvalue weighted by atomic mass is 10.3. The summed E-state index contributed by atoms with van der Waals surface area (Å²) < 4.78 is 32.6. The maximum Gasteiger partial charge on any atom is 0.233 e. The lowest BCUT2D eigenvalue weighted by Gasteiger charge is -2.09. The van der Waals surface area contributed by atoms with E-state index < -0.39 is 10.0 Å². The molecule has 0 radical (unpaired) electrons. The van der Waals surface area contributed by atoms with Gasteiger partial charge in [-0.1, -0.05) is 17.7 Å². The number of ether oxygens (including phenoxy) is 1. The second-order valence-corrected chi connectivity index (χ2v) is 7.85. The fraction of sp³-hybridized carbons (Fsp3) is 0.105. The molecule has 1 aromatic heterocycles. The number of halogens is 1. The van der Waals surface area contributed by atoms with Gasteiger partial charge in [0.05, 0.1) is 5.75 Å². The Morgan fingerprint density at radius 2 is 1.58 bits per heavy atom. The molecule has 0 aliphatic carbocycles. The Morgan fingerprint density at radius 3 is 2.19 bits per heavy atom. The number of rotatable bonds is 7. The predicted molar refractivity (Wildman–Crippen MR) is 103 cm³/mol. The van der Waals surface area contributed by atoms with Crippen molar-refractivity contribution in [1.29, 1.82) is 0 Å². The van der Waals surface area contributed by atoms with Crippen LogP contribution in [-0.2, 0) is 16.4 Å². The summed E-state index contributed by atoms with van der Waals surface area (Å²) in [6.45, 7) is 0. The zero-order chi connectivity index (χ0) is 18.4. The van der Waals surface area contributed by atoms with Crippen molar-refractivity contribution < 1.29 is 13.2 Å². The molecular formula is C19H17ClN2O3S. The first-order valence-electron chi connectivity index (χ1n) is 7.94. The summed E-state index contributed by atoms with van der Waals surface area (Å²) in [4.78, 5) is 4.13. The Labute approximate surface area is 157 Å². The molecule has 0 bridgehead atoms. The second-order valence-electron chi connectivity index (χ2n) is 5.57. The zero-order valence-corrected chi connectivity index (χ0v) is 15.4. The number of pyridine rings is 1. The third-order valence-electron chi connectivity index (χ3n) is 3.53. The Morgan fingerprint density at radius 1 is 0.923 bits per heavy atom. The monoisotopic (exact) mass is 388 g/mol. The summed E-state index contributed by atoms with van der Waals surface area (Å²) in [6, 6.07) is 19.1. The van der Waals surface area contributed by atoms with Crippen molar-refractivity contribution in [1.82, 2.24) is 4.98 Å². The van der Waals surface area contributed by atoms with Gasteiger partial charge in [-0.15, -0.1) is 0 Å². The molecule has 0 unspecified atom stereocenters. The smallest absolute Gasteiger partial charge is 0.233 e. The van der Waals surface area contributed by atoms with E-state index in [4.69, 9.17) is 16.3 Å². The van der Waals surface area contributed by atoms with Crippen molar-refractivity contribution >= 4 is 27.3 Å². The first-order valence-corrected chi connectivity index (χ1v) is 9.97. The number of aromatic nitrogens is 1. The fourth-order valence-corrected chi connectivity index (χ4v) is 3.45. The normalized spacial score (nSPS) is 11.1. The van der Waals surface area contributed by atoms with E-state index in [-0.39, 0.29) is 5.75 Å². The molecule has 0 amide bonds. The van der Waals surface area contributed by atoms with Gasteiger partial charge < -0.3 is 4.74 Å². The standard InChI is InChI=1S/C19H17ClN2O3S/c20-15-4-8-18(9-5-15)25-19-10-6-17(7-11-19)22-26(23,24)14-12-16-3-1-2-13-21-16/h1-11,13,22H,12,14H2. The van der Waals surface area contributed by atoms with Crippen molar-refractivity contribution in [2.24, 2.45) is 0 Å². The SMILES string of the molecule is O=S(=O)(CCc1ccccn1)Nc1ccc(Oc2ccc(Cl)cc2)cc1. The predicted octanol–water partition coefficient (Wildman–Crippen LogP) is 4.51. The summed E-state index contributed by atoms with van der Waals surface area (Å²) in [6.07, 6.45) is 2.00. The number of hydrogen-bond donors (Lipinski definition) is 1. The Hall–Kier alpha value is -2.57. The van der Waals surface area contributed by atoms with E-state index in [1.54, 1.807) is 66.9 Å². The molecule has 7 heteroatoms. The van der Waals surface area contributed by atoms with Crippen LogP contribution in [0.4, 0.5) is 5.69 Å². The second kappa shape index (κ2) is 8.21. The highest BCUT2D eigenvalue weighted by molar-refractivity contribution is 7.92. The highest BCUT2D eigenvalue weighted by Crippen LogP contribution is 2.24. The number of sulfonamides is 1. The zero-order valence-electron chi connectivity index (χ0n) is 13.8. The molecule has 5 nitrogen and oxygen atoms in total. The van der Waals surface area contributed by atoms with Crippen LogP contribution in [0.15, 0.2) is 72.9 Å². The van der Waals surface area contributed by atoms with Gasteiger partial charge in [-0.05, 0) is 60.7 Å². The van der Waals surface area contributed by atoms with Gasteiger partial charge in [0.15, 0.2) is 0 Å². The van der Waals surface area contributed by atoms with Gasteiger partial charge in [0.25, 0.3) is 0 Å². The van der Waals surface area contributed by atoms with Crippen LogP contribution in [0.5, 0.6) is 11.5 Å². The number of anilines is 1. The molecule has 3 aromatic rings. The van der Waals surface area contributed by atoms with Crippen LogP contribution >= 0.6 is 11.6 Å². The Kier molecular flexibility index (Phi) is 5.75. The molecule has 3 rings (SSSR count). The van der Waals surface area contributed by atoms with E-state index in [9.17, 15) is 8.42 Å². The van der Waals surface area contributed by atoms with Crippen molar-refractivity contribution in [2.45, 2.75) is 6.42 Å². The van der Waals surface area contributed by atoms with Crippen LogP contribution < -0.4 is 9.46 Å². The van der Waals surface area contributed by atoms with E-state index in [0.29, 0.717) is 28.6 Å². The van der Waals surface area contributed by atoms with Gasteiger partial charge in [-0.25, -0.2) is 8.42 Å². The third kappa shape index (κ3) is 5.47. The average molecular weight is 389 g/mol. The maximum absolute atomic E-state index is 12.2. The maximum atomic E-state index is 12.2. The number of nitrogens with zero attached hydrogens (tertiary/aromatic N) is 1. The van der Waals surface area contributed by atoms with Crippen molar-refractivity contribution in [2.75, 3.05) is 10.5 Å². The van der Waals surface area contributed by atoms with E-state index in [2.05, 4.69) is 9.71 Å². The lowest BCUT2D eigenvalue weighted by molar-refractivity contribution is 0.483. The van der Waals surface area contributed by atoms with Gasteiger partial charge in [0.2, 0.25) is 10.0 Å². The molecule has 1 N–H and O–H groups in total. The van der Waals surface area contributed by atoms with Crippen LogP contribution in [-0.4, -0.2) is 19.2 Å². The van der Waals surface area contributed by atoms with E-state index >= 15 is 0 Å². The van der Waals surface area contributed by atoms with Gasteiger partial charge >= 0.3 is 0 Å². The number of nitrogens with one attached hydrogen (secondary N) is 1. The van der Waals surface area contributed by atoms with Gasteiger partial charge in [0.1, 0.15) is 11.5 Å². The summed E-state index contributed by atoms with van der Waals surface area (Å²) in [5.41, 5.74) is 1.22. The summed E-state index contributed by atoms with van der Waals surface area (Å²) in [5.74, 6) is 1.22. The van der Waals surface area contributed by atoms with Crippen molar-refractivity contribution in [3.63, 3.8) is 0 Å². The summed E-state index contributed by atoms with van der Waals surface area (Å²) in [5, 5.41) is 0.632. The number of benzene rings is 2. The fourth-order valence-electron chi connectivity index (χ4n) is 2.25. The van der Waals surface area contributed by atoms with Crippen LogP contribution in [0.25, 0.3) is 0 Å². The Bertz CT molecular complexity index is 944. The molecule has 0 saturated carbocycles. The van der Waals surface area contributed by atoms with Crippen molar-refractivity contribution in [3.05, 3.63) is 83.6 Å². The molecule has 1 heterocycles. The largest absolute Gasteiger partial charge is 0.457 e. The van der Waals surface area contributed by atoms with Gasteiger partial charge in [-0.3, -0.25) is 9.71 Å². The van der Waals surface area contributed by atoms with E-state index in [1.165, 1.54) is 0 Å². The molecular weight excluding hydrogens is 372 g/mol. The van der Waals surface area contributed by atoms with Crippen molar-refractivity contribution in [3.8, 4) is 11.5 Å².